The second kappa shape index (κ2) is 3.60. The molecule has 0 heterocycles. The number of allylic oxidation sites excluding steroid dienone is 4. The van der Waals surface area contributed by atoms with E-state index in [0.717, 1.165) is 0 Å². The van der Waals surface area contributed by atoms with Crippen molar-refractivity contribution in [2.45, 2.75) is 39.5 Å². The first-order chi connectivity index (χ1) is 4.84. The van der Waals surface area contributed by atoms with E-state index in [1.165, 1.54) is 31.3 Å². The smallest absolute Gasteiger partial charge is 0.0280 e. The highest BCUT2D eigenvalue weighted by atomic mass is 14.1. The van der Waals surface area contributed by atoms with Crippen LogP contribution in [-0.4, -0.2) is 0 Å². The van der Waals surface area contributed by atoms with Gasteiger partial charge in [0.2, 0.25) is 0 Å². The lowest BCUT2D eigenvalue weighted by Gasteiger charge is -2.11. The first-order valence-electron chi connectivity index (χ1n) is 4.19. The Morgan fingerprint density at radius 1 is 1.50 bits per heavy atom. The van der Waals surface area contributed by atoms with Crippen molar-refractivity contribution in [2.24, 2.45) is 0 Å². The zero-order valence-corrected chi connectivity index (χ0v) is 6.98. The van der Waals surface area contributed by atoms with E-state index < -0.39 is 0 Å². The van der Waals surface area contributed by atoms with Gasteiger partial charge in [0.15, 0.2) is 0 Å². The largest absolute Gasteiger partial charge is 0.0840 e. The summed E-state index contributed by atoms with van der Waals surface area (Å²) < 4.78 is 0. The third kappa shape index (κ3) is 1.73. The van der Waals surface area contributed by atoms with Crippen molar-refractivity contribution in [2.75, 3.05) is 0 Å². The first kappa shape index (κ1) is 7.59. The molecular weight excluding hydrogens is 120 g/mol. The van der Waals surface area contributed by atoms with Crippen LogP contribution in [0, 0.1) is 0 Å². The summed E-state index contributed by atoms with van der Waals surface area (Å²) >= 11 is 0. The van der Waals surface area contributed by atoms with E-state index in [1.807, 2.05) is 0 Å². The Bertz CT molecular complexity index is 161. The molecule has 1 rings (SSSR count). The fourth-order valence-corrected chi connectivity index (χ4v) is 1.46. The van der Waals surface area contributed by atoms with Crippen LogP contribution in [0.25, 0.3) is 0 Å². The third-order valence-electron chi connectivity index (χ3n) is 2.09. The van der Waals surface area contributed by atoms with Crippen molar-refractivity contribution in [1.82, 2.24) is 0 Å². The lowest BCUT2D eigenvalue weighted by Crippen LogP contribution is -1.91. The number of hydrogen-bond acceptors (Lipinski definition) is 0. The predicted octanol–water partition coefficient (Wildman–Crippen LogP) is 3.45. The molecule has 0 aliphatic heterocycles. The molecule has 0 radical (unpaired) electrons. The number of hydrogen-bond donors (Lipinski definition) is 0. The Morgan fingerprint density at radius 2 is 2.30 bits per heavy atom. The molecule has 1 aliphatic rings. The van der Waals surface area contributed by atoms with E-state index in [9.17, 15) is 0 Å². The van der Waals surface area contributed by atoms with Crippen molar-refractivity contribution in [3.05, 3.63) is 23.3 Å². The predicted molar refractivity (Wildman–Crippen MR) is 46.0 cm³/mol. The van der Waals surface area contributed by atoms with Gasteiger partial charge in [-0.15, -0.1) is 0 Å². The summed E-state index contributed by atoms with van der Waals surface area (Å²) in [6.07, 6.45) is 9.68. The summed E-state index contributed by atoms with van der Waals surface area (Å²) in [4.78, 5) is 0. The summed E-state index contributed by atoms with van der Waals surface area (Å²) in [5.74, 6) is 0. The molecule has 0 fully saturated rings. The molecule has 0 saturated heterocycles. The highest BCUT2D eigenvalue weighted by Gasteiger charge is 2.02. The van der Waals surface area contributed by atoms with Gasteiger partial charge in [-0.1, -0.05) is 36.6 Å². The van der Waals surface area contributed by atoms with Gasteiger partial charge in [0.25, 0.3) is 0 Å². The van der Waals surface area contributed by atoms with Crippen LogP contribution in [0.4, 0.5) is 0 Å². The molecule has 0 aromatic heterocycles. The van der Waals surface area contributed by atoms with Gasteiger partial charge in [0.05, 0.1) is 0 Å². The second-order valence-corrected chi connectivity index (χ2v) is 2.98. The lowest BCUT2D eigenvalue weighted by molar-refractivity contribution is 0.807. The molecule has 10 heavy (non-hydrogen) atoms. The number of rotatable bonds is 2. The molecule has 1 aliphatic carbocycles. The highest BCUT2D eigenvalue weighted by Crippen LogP contribution is 2.22. The molecule has 0 heteroatoms. The highest BCUT2D eigenvalue weighted by molar-refractivity contribution is 5.27. The monoisotopic (exact) mass is 136 g/mol. The molecule has 0 nitrogen and oxygen atoms in total. The molecule has 0 aromatic carbocycles. The minimum Gasteiger partial charge on any atom is -0.0840 e. The Hall–Kier alpha value is -0.520. The van der Waals surface area contributed by atoms with Crippen molar-refractivity contribution in [3.8, 4) is 0 Å². The summed E-state index contributed by atoms with van der Waals surface area (Å²) in [5.41, 5.74) is 3.18. The molecule has 0 aromatic rings. The molecule has 0 amide bonds. The van der Waals surface area contributed by atoms with E-state index in [4.69, 9.17) is 0 Å². The molecule has 0 spiro atoms. The van der Waals surface area contributed by atoms with Gasteiger partial charge >= 0.3 is 0 Å². The molecule has 0 N–H and O–H groups in total. The minimum atomic E-state index is 1.26. The fourth-order valence-electron chi connectivity index (χ4n) is 1.46. The van der Waals surface area contributed by atoms with Crippen LogP contribution in [0.5, 0.6) is 0 Å². The SMILES string of the molecule is CCCC1=C(C)C=CCC1. The van der Waals surface area contributed by atoms with Crippen LogP contribution in [0.1, 0.15) is 39.5 Å². The van der Waals surface area contributed by atoms with E-state index >= 15 is 0 Å². The van der Waals surface area contributed by atoms with Gasteiger partial charge in [-0.3, -0.25) is 0 Å². The maximum Gasteiger partial charge on any atom is -0.0280 e. The van der Waals surface area contributed by atoms with Crippen LogP contribution < -0.4 is 0 Å². The minimum absolute atomic E-state index is 1.26. The summed E-state index contributed by atoms with van der Waals surface area (Å²) in [5, 5.41) is 0. The van der Waals surface area contributed by atoms with E-state index in [1.54, 1.807) is 5.57 Å². The standard InChI is InChI=1S/C10H16/c1-3-6-10-8-5-4-7-9(10)2/h4,7H,3,5-6,8H2,1-2H3. The van der Waals surface area contributed by atoms with E-state index in [-0.39, 0.29) is 0 Å². The van der Waals surface area contributed by atoms with Crippen molar-refractivity contribution >= 4 is 0 Å². The van der Waals surface area contributed by atoms with Crippen LogP contribution in [0.15, 0.2) is 23.3 Å². The Morgan fingerprint density at radius 3 is 2.90 bits per heavy atom. The Kier molecular flexibility index (Phi) is 2.73. The molecule has 0 saturated carbocycles. The summed E-state index contributed by atoms with van der Waals surface area (Å²) in [6, 6.07) is 0. The van der Waals surface area contributed by atoms with Crippen LogP contribution in [-0.2, 0) is 0 Å². The molecular formula is C10H16. The maximum atomic E-state index is 2.27. The molecule has 56 valence electrons. The van der Waals surface area contributed by atoms with E-state index in [0.29, 0.717) is 0 Å². The van der Waals surface area contributed by atoms with E-state index in [2.05, 4.69) is 26.0 Å². The first-order valence-corrected chi connectivity index (χ1v) is 4.19. The molecule has 0 unspecified atom stereocenters. The van der Waals surface area contributed by atoms with Gasteiger partial charge in [-0.05, 0) is 26.2 Å². The normalized spacial score (nSPS) is 18.2. The molecule has 0 bridgehead atoms. The topological polar surface area (TPSA) is 0 Å². The van der Waals surface area contributed by atoms with Crippen LogP contribution in [0.2, 0.25) is 0 Å². The Labute approximate surface area is 63.6 Å². The lowest BCUT2D eigenvalue weighted by atomic mass is 9.95. The summed E-state index contributed by atoms with van der Waals surface area (Å²) in [6.45, 7) is 4.47. The Balaban J connectivity index is 2.60. The van der Waals surface area contributed by atoms with Gasteiger partial charge in [-0.2, -0.15) is 0 Å². The van der Waals surface area contributed by atoms with Gasteiger partial charge < -0.3 is 0 Å². The second-order valence-electron chi connectivity index (χ2n) is 2.98. The average Bonchev–Trinajstić information content (AvgIpc) is 1.94. The maximum absolute atomic E-state index is 2.27. The fraction of sp³-hybridized carbons (Fsp3) is 0.600. The van der Waals surface area contributed by atoms with Crippen molar-refractivity contribution in [3.63, 3.8) is 0 Å². The van der Waals surface area contributed by atoms with Gasteiger partial charge in [-0.25, -0.2) is 0 Å². The zero-order chi connectivity index (χ0) is 7.40. The van der Waals surface area contributed by atoms with Crippen LogP contribution >= 0.6 is 0 Å². The van der Waals surface area contributed by atoms with Crippen molar-refractivity contribution in [1.29, 1.82) is 0 Å². The van der Waals surface area contributed by atoms with Crippen LogP contribution in [0.3, 0.4) is 0 Å². The zero-order valence-electron chi connectivity index (χ0n) is 6.98. The van der Waals surface area contributed by atoms with Gasteiger partial charge in [0, 0.05) is 0 Å². The van der Waals surface area contributed by atoms with Gasteiger partial charge in [0.1, 0.15) is 0 Å². The average molecular weight is 136 g/mol. The summed E-state index contributed by atoms with van der Waals surface area (Å²) in [7, 11) is 0. The van der Waals surface area contributed by atoms with Crippen molar-refractivity contribution < 1.29 is 0 Å². The quantitative estimate of drug-likeness (QED) is 0.545. The third-order valence-corrected chi connectivity index (χ3v) is 2.09. The molecule has 0 atom stereocenters.